The lowest BCUT2D eigenvalue weighted by Gasteiger charge is -2.41. The zero-order chi connectivity index (χ0) is 27.9. The van der Waals surface area contributed by atoms with Gasteiger partial charge in [-0.3, -0.25) is 14.4 Å². The summed E-state index contributed by atoms with van der Waals surface area (Å²) in [5.41, 5.74) is 2.79. The van der Waals surface area contributed by atoms with E-state index < -0.39 is 28.7 Å². The monoisotopic (exact) mass is 539 g/mol. The van der Waals surface area contributed by atoms with Gasteiger partial charge in [-0.25, -0.2) is 0 Å². The summed E-state index contributed by atoms with van der Waals surface area (Å²) in [6, 6.07) is 4.70. The number of amides is 3. The van der Waals surface area contributed by atoms with Crippen LogP contribution in [0, 0.1) is 31.6 Å². The van der Waals surface area contributed by atoms with Crippen molar-refractivity contribution < 1.29 is 19.5 Å². The van der Waals surface area contributed by atoms with Crippen LogP contribution in [0.25, 0.3) is 0 Å². The fourth-order valence-electron chi connectivity index (χ4n) is 6.76. The summed E-state index contributed by atoms with van der Waals surface area (Å²) in [5.74, 6) is -1.59. The van der Waals surface area contributed by atoms with Gasteiger partial charge < -0.3 is 19.8 Å². The molecule has 6 atom stereocenters. The van der Waals surface area contributed by atoms with Crippen LogP contribution in [0.2, 0.25) is 0 Å². The van der Waals surface area contributed by atoms with Gasteiger partial charge in [0.25, 0.3) is 5.91 Å². The number of carbonyl (C=O) groups is 3. The van der Waals surface area contributed by atoms with Crippen molar-refractivity contribution in [2.24, 2.45) is 17.8 Å². The van der Waals surface area contributed by atoms with Gasteiger partial charge in [-0.15, -0.1) is 24.9 Å². The quantitative estimate of drug-likeness (QED) is 0.460. The van der Waals surface area contributed by atoms with Crippen molar-refractivity contribution >= 4 is 35.2 Å². The van der Waals surface area contributed by atoms with Crippen LogP contribution in [-0.4, -0.2) is 81.5 Å². The maximum Gasteiger partial charge on any atom is 0.251 e. The zero-order valence-electron chi connectivity index (χ0n) is 23.2. The normalized spacial score (nSPS) is 28.4. The summed E-state index contributed by atoms with van der Waals surface area (Å²) >= 11 is 1.65. The number of carbonyl (C=O) groups excluding carboxylic acids is 3. The standard InChI is InChI=1S/C30H41N3O4S/c1-8-14-31(7)27(35)24-23-12-13-30(38-23)25(24)28(36)33(22(17-34)18(3)4)26(30)29(37)32(15-9-2)21-16-19(5)10-11-20(21)6/h8-11,16,18,22-26,34H,1-2,12-15,17H2,3-7H3/t22-,23-,24+,25-,26?,30?/m0/s1. The molecule has 3 amide bonds. The second-order valence-corrected chi connectivity index (χ2v) is 12.9. The van der Waals surface area contributed by atoms with E-state index in [4.69, 9.17) is 0 Å². The maximum absolute atomic E-state index is 14.7. The Balaban J connectivity index is 1.85. The van der Waals surface area contributed by atoms with E-state index in [-0.39, 0.29) is 35.5 Å². The molecule has 2 bridgehead atoms. The molecule has 0 aromatic heterocycles. The Morgan fingerprint density at radius 1 is 1.21 bits per heavy atom. The molecule has 0 radical (unpaired) electrons. The molecule has 3 saturated heterocycles. The van der Waals surface area contributed by atoms with Crippen LogP contribution in [0.4, 0.5) is 5.69 Å². The van der Waals surface area contributed by atoms with Crippen molar-refractivity contribution in [2.45, 2.75) is 62.6 Å². The fraction of sp³-hybridized carbons (Fsp3) is 0.567. The summed E-state index contributed by atoms with van der Waals surface area (Å²) in [6.45, 7) is 16.0. The Morgan fingerprint density at radius 2 is 1.89 bits per heavy atom. The number of hydrogen-bond acceptors (Lipinski definition) is 5. The average Bonchev–Trinajstić information content (AvgIpc) is 3.51. The zero-order valence-corrected chi connectivity index (χ0v) is 24.0. The lowest BCUT2D eigenvalue weighted by atomic mass is 9.70. The highest BCUT2D eigenvalue weighted by molar-refractivity contribution is 8.02. The highest BCUT2D eigenvalue weighted by Gasteiger charge is 2.74. The Kier molecular flexibility index (Phi) is 8.15. The Labute approximate surface area is 230 Å². The average molecular weight is 540 g/mol. The third-order valence-corrected chi connectivity index (χ3v) is 10.5. The van der Waals surface area contributed by atoms with Crippen molar-refractivity contribution in [1.29, 1.82) is 0 Å². The van der Waals surface area contributed by atoms with Crippen molar-refractivity contribution in [3.8, 4) is 0 Å². The molecular formula is C30H41N3O4S. The molecule has 7 nitrogen and oxygen atoms in total. The van der Waals surface area contributed by atoms with Gasteiger partial charge in [-0.2, -0.15) is 0 Å². The first-order valence-corrected chi connectivity index (χ1v) is 14.4. The molecule has 0 aliphatic carbocycles. The molecule has 1 N–H and O–H groups in total. The summed E-state index contributed by atoms with van der Waals surface area (Å²) in [5, 5.41) is 10.4. The number of thioether (sulfide) groups is 1. The van der Waals surface area contributed by atoms with Crippen LogP contribution in [0.3, 0.4) is 0 Å². The van der Waals surface area contributed by atoms with Crippen molar-refractivity contribution in [3.05, 3.63) is 54.6 Å². The van der Waals surface area contributed by atoms with Crippen LogP contribution in [0.5, 0.6) is 0 Å². The minimum atomic E-state index is -0.781. The smallest absolute Gasteiger partial charge is 0.251 e. The highest BCUT2D eigenvalue weighted by Crippen LogP contribution is 2.67. The highest BCUT2D eigenvalue weighted by atomic mass is 32.2. The summed E-state index contributed by atoms with van der Waals surface area (Å²) in [6.07, 6.45) is 4.85. The number of aliphatic hydroxyl groups excluding tert-OH is 1. The lowest BCUT2D eigenvalue weighted by Crippen LogP contribution is -2.58. The first kappa shape index (κ1) is 28.4. The molecule has 1 aromatic carbocycles. The Bertz CT molecular complexity index is 1140. The maximum atomic E-state index is 14.7. The molecule has 3 fully saturated rings. The number of aliphatic hydroxyl groups is 1. The van der Waals surface area contributed by atoms with Gasteiger partial charge in [0.2, 0.25) is 11.8 Å². The van der Waals surface area contributed by atoms with E-state index in [1.54, 1.807) is 45.7 Å². The molecular weight excluding hydrogens is 498 g/mol. The number of fused-ring (bicyclic) bond motifs is 1. The van der Waals surface area contributed by atoms with Gasteiger partial charge in [0.1, 0.15) is 6.04 Å². The van der Waals surface area contributed by atoms with E-state index in [1.165, 1.54) is 0 Å². The first-order valence-electron chi connectivity index (χ1n) is 13.5. The van der Waals surface area contributed by atoms with Crippen LogP contribution in [0.1, 0.15) is 37.8 Å². The van der Waals surface area contributed by atoms with Crippen molar-refractivity contribution in [2.75, 3.05) is 31.6 Å². The molecule has 8 heteroatoms. The number of hydrogen-bond donors (Lipinski definition) is 1. The molecule has 206 valence electrons. The van der Waals surface area contributed by atoms with E-state index in [0.717, 1.165) is 23.2 Å². The van der Waals surface area contributed by atoms with Crippen LogP contribution >= 0.6 is 11.8 Å². The van der Waals surface area contributed by atoms with E-state index in [0.29, 0.717) is 19.5 Å². The number of nitrogens with zero attached hydrogens (tertiary/aromatic N) is 3. The van der Waals surface area contributed by atoms with Gasteiger partial charge in [0, 0.05) is 31.1 Å². The second kappa shape index (κ2) is 10.9. The predicted octanol–water partition coefficient (Wildman–Crippen LogP) is 3.57. The third kappa shape index (κ3) is 4.39. The number of likely N-dealkylation sites (tertiary alicyclic amines) is 1. The van der Waals surface area contributed by atoms with Gasteiger partial charge in [-0.1, -0.05) is 38.1 Å². The van der Waals surface area contributed by atoms with Crippen LogP contribution in [-0.2, 0) is 14.4 Å². The SMILES string of the molecule is C=CCN(C)C(=O)[C@@H]1[C@@H]2CCC3(S2)C(C(=O)N(CC=C)c2cc(C)ccc2C)N([C@@H](CO)C(C)C)C(=O)[C@H]13. The molecule has 1 spiro atoms. The van der Waals surface area contributed by atoms with Gasteiger partial charge in [-0.05, 0) is 49.8 Å². The third-order valence-electron chi connectivity index (χ3n) is 8.58. The molecule has 2 unspecified atom stereocenters. The van der Waals surface area contributed by atoms with Crippen LogP contribution in [0.15, 0.2) is 43.5 Å². The van der Waals surface area contributed by atoms with E-state index in [9.17, 15) is 19.5 Å². The fourth-order valence-corrected chi connectivity index (χ4v) is 8.95. The summed E-state index contributed by atoms with van der Waals surface area (Å²) in [7, 11) is 1.74. The summed E-state index contributed by atoms with van der Waals surface area (Å²) in [4.78, 5) is 47.7. The van der Waals surface area contributed by atoms with Gasteiger partial charge in [0.15, 0.2) is 0 Å². The minimum absolute atomic E-state index is 0.0126. The predicted molar refractivity (Wildman–Crippen MR) is 153 cm³/mol. The van der Waals surface area contributed by atoms with Gasteiger partial charge >= 0.3 is 0 Å². The van der Waals surface area contributed by atoms with E-state index in [1.807, 2.05) is 45.9 Å². The number of likely N-dealkylation sites (N-methyl/N-ethyl adjacent to an activating group) is 1. The molecule has 3 heterocycles. The molecule has 1 aromatic rings. The molecule has 3 aliphatic rings. The lowest BCUT2D eigenvalue weighted by molar-refractivity contribution is -0.145. The number of anilines is 1. The number of rotatable bonds is 10. The van der Waals surface area contributed by atoms with Crippen molar-refractivity contribution in [1.82, 2.24) is 9.80 Å². The Morgan fingerprint density at radius 3 is 2.50 bits per heavy atom. The van der Waals surface area contributed by atoms with E-state index in [2.05, 4.69) is 13.2 Å². The van der Waals surface area contributed by atoms with E-state index >= 15 is 0 Å². The number of aryl methyl sites for hydroxylation is 2. The minimum Gasteiger partial charge on any atom is -0.394 e. The molecule has 3 aliphatic heterocycles. The molecule has 4 rings (SSSR count). The number of benzene rings is 1. The molecule has 38 heavy (non-hydrogen) atoms. The largest absolute Gasteiger partial charge is 0.394 e. The second-order valence-electron chi connectivity index (χ2n) is 11.3. The van der Waals surface area contributed by atoms with Crippen LogP contribution < -0.4 is 4.90 Å². The Hall–Kier alpha value is -2.58. The van der Waals surface area contributed by atoms with Gasteiger partial charge in [0.05, 0.1) is 29.2 Å². The van der Waals surface area contributed by atoms with Crippen molar-refractivity contribution in [3.63, 3.8) is 0 Å². The first-order chi connectivity index (χ1) is 18.0. The summed E-state index contributed by atoms with van der Waals surface area (Å²) < 4.78 is -0.715. The topological polar surface area (TPSA) is 81.2 Å². The molecule has 0 saturated carbocycles.